The van der Waals surface area contributed by atoms with Crippen molar-refractivity contribution >= 4 is 11.6 Å². The third-order valence-electron chi connectivity index (χ3n) is 3.51. The number of aromatic nitrogens is 1. The van der Waals surface area contributed by atoms with Gasteiger partial charge in [-0.15, -0.1) is 0 Å². The van der Waals surface area contributed by atoms with Crippen molar-refractivity contribution in [3.8, 4) is 5.75 Å². The fourth-order valence-corrected chi connectivity index (χ4v) is 2.43. The average Bonchev–Trinajstić information content (AvgIpc) is 2.56. The predicted molar refractivity (Wildman–Crippen MR) is 79.3 cm³/mol. The van der Waals surface area contributed by atoms with Gasteiger partial charge in [0.2, 0.25) is 5.91 Å². The fraction of sp³-hybridized carbons (Fsp3) is 0.188. The Bertz CT molecular complexity index is 666. The average molecular weight is 281 g/mol. The molecule has 5 heteroatoms. The Morgan fingerprint density at radius 1 is 1.14 bits per heavy atom. The van der Waals surface area contributed by atoms with Crippen LogP contribution in [0.4, 0.5) is 0 Å². The van der Waals surface area contributed by atoms with E-state index in [4.69, 9.17) is 4.74 Å². The molecular formula is C16H15N3O2. The first-order chi connectivity index (χ1) is 10.3. The van der Waals surface area contributed by atoms with E-state index in [0.717, 1.165) is 22.6 Å². The van der Waals surface area contributed by atoms with E-state index in [0.29, 0.717) is 6.42 Å². The van der Waals surface area contributed by atoms with E-state index in [1.807, 2.05) is 36.4 Å². The van der Waals surface area contributed by atoms with Crippen LogP contribution in [-0.4, -0.2) is 23.7 Å². The van der Waals surface area contributed by atoms with Gasteiger partial charge in [0, 0.05) is 24.7 Å². The third kappa shape index (κ3) is 2.76. The summed E-state index contributed by atoms with van der Waals surface area (Å²) in [5.74, 6) is 0.656. The zero-order chi connectivity index (χ0) is 14.7. The zero-order valence-corrected chi connectivity index (χ0v) is 11.6. The maximum Gasteiger partial charge on any atom is 0.241 e. The number of hydrogen-bond acceptors (Lipinski definition) is 4. The lowest BCUT2D eigenvalue weighted by Gasteiger charge is -2.23. The van der Waals surface area contributed by atoms with Gasteiger partial charge >= 0.3 is 0 Å². The second-order valence-electron chi connectivity index (χ2n) is 4.80. The van der Waals surface area contributed by atoms with Crippen molar-refractivity contribution in [1.82, 2.24) is 10.4 Å². The van der Waals surface area contributed by atoms with E-state index in [1.54, 1.807) is 19.5 Å². The molecule has 1 aromatic heterocycles. The van der Waals surface area contributed by atoms with Crippen LogP contribution in [0.25, 0.3) is 0 Å². The number of benzene rings is 1. The van der Waals surface area contributed by atoms with Gasteiger partial charge in [-0.25, -0.2) is 5.43 Å². The minimum Gasteiger partial charge on any atom is -0.497 e. The van der Waals surface area contributed by atoms with Crippen LogP contribution >= 0.6 is 0 Å². The Morgan fingerprint density at radius 3 is 2.52 bits per heavy atom. The van der Waals surface area contributed by atoms with Gasteiger partial charge in [0.15, 0.2) is 0 Å². The number of pyridine rings is 1. The number of carbonyl (C=O) groups is 1. The van der Waals surface area contributed by atoms with E-state index >= 15 is 0 Å². The first kappa shape index (κ1) is 13.3. The molecule has 5 nitrogen and oxygen atoms in total. The number of rotatable bonds is 3. The van der Waals surface area contributed by atoms with Crippen molar-refractivity contribution in [3.05, 3.63) is 59.9 Å². The van der Waals surface area contributed by atoms with Crippen molar-refractivity contribution < 1.29 is 9.53 Å². The number of carbonyl (C=O) groups excluding carboxylic acids is 1. The Morgan fingerprint density at radius 2 is 1.86 bits per heavy atom. The molecule has 0 spiro atoms. The molecule has 3 rings (SSSR count). The molecule has 1 aliphatic rings. The Labute approximate surface area is 122 Å². The third-order valence-corrected chi connectivity index (χ3v) is 3.51. The lowest BCUT2D eigenvalue weighted by molar-refractivity contribution is -0.121. The van der Waals surface area contributed by atoms with Crippen molar-refractivity contribution in [2.24, 2.45) is 5.10 Å². The molecule has 0 radical (unpaired) electrons. The molecule has 0 saturated heterocycles. The maximum absolute atomic E-state index is 11.7. The highest BCUT2D eigenvalue weighted by Crippen LogP contribution is 2.27. The van der Waals surface area contributed by atoms with Gasteiger partial charge in [-0.1, -0.05) is 0 Å². The highest BCUT2D eigenvalue weighted by atomic mass is 16.5. The first-order valence-corrected chi connectivity index (χ1v) is 6.68. The van der Waals surface area contributed by atoms with E-state index in [1.165, 1.54) is 0 Å². The Hall–Kier alpha value is -2.69. The molecule has 21 heavy (non-hydrogen) atoms. The van der Waals surface area contributed by atoms with Gasteiger partial charge in [0.25, 0.3) is 0 Å². The fourth-order valence-electron chi connectivity index (χ4n) is 2.43. The molecule has 1 amide bonds. The van der Waals surface area contributed by atoms with Gasteiger partial charge in [-0.3, -0.25) is 9.78 Å². The van der Waals surface area contributed by atoms with Crippen molar-refractivity contribution in [2.45, 2.75) is 12.3 Å². The van der Waals surface area contributed by atoms with Gasteiger partial charge in [-0.2, -0.15) is 5.10 Å². The monoisotopic (exact) mass is 281 g/mol. The number of hydrogen-bond donors (Lipinski definition) is 1. The Balaban J connectivity index is 1.98. The summed E-state index contributed by atoms with van der Waals surface area (Å²) in [5, 5.41) is 4.25. The largest absolute Gasteiger partial charge is 0.497 e. The molecule has 1 unspecified atom stereocenters. The molecule has 1 aliphatic heterocycles. The molecule has 2 aromatic rings. The standard InChI is InChI=1S/C16H15N3O2/c1-21-13-4-2-12(3-5-13)16-14(10-15(20)18-19-16)11-6-8-17-9-7-11/h2-9,14H,10H2,1H3,(H,18,20). The summed E-state index contributed by atoms with van der Waals surface area (Å²) >= 11 is 0. The molecule has 0 bridgehead atoms. The summed E-state index contributed by atoms with van der Waals surface area (Å²) in [6.45, 7) is 0. The lowest BCUT2D eigenvalue weighted by Crippen LogP contribution is -2.32. The molecule has 0 aliphatic carbocycles. The van der Waals surface area contributed by atoms with Crippen LogP contribution in [-0.2, 0) is 4.79 Å². The number of ether oxygens (including phenoxy) is 1. The van der Waals surface area contributed by atoms with E-state index in [-0.39, 0.29) is 11.8 Å². The van der Waals surface area contributed by atoms with Gasteiger partial charge in [-0.05, 0) is 47.5 Å². The number of methoxy groups -OCH3 is 1. The molecule has 106 valence electrons. The summed E-state index contributed by atoms with van der Waals surface area (Å²) in [6, 6.07) is 11.5. The molecule has 0 saturated carbocycles. The van der Waals surface area contributed by atoms with Gasteiger partial charge in [0.1, 0.15) is 5.75 Å². The minimum atomic E-state index is -0.0749. The maximum atomic E-state index is 11.7. The molecule has 1 atom stereocenters. The van der Waals surface area contributed by atoms with Crippen LogP contribution < -0.4 is 10.2 Å². The molecular weight excluding hydrogens is 266 g/mol. The van der Waals surface area contributed by atoms with Crippen molar-refractivity contribution in [3.63, 3.8) is 0 Å². The zero-order valence-electron chi connectivity index (χ0n) is 11.6. The topological polar surface area (TPSA) is 63.6 Å². The van der Waals surface area contributed by atoms with Crippen LogP contribution in [0.15, 0.2) is 53.9 Å². The quantitative estimate of drug-likeness (QED) is 0.937. The lowest BCUT2D eigenvalue weighted by atomic mass is 9.87. The number of amides is 1. The predicted octanol–water partition coefficient (Wildman–Crippen LogP) is 2.10. The first-order valence-electron chi connectivity index (χ1n) is 6.68. The normalized spacial score (nSPS) is 17.9. The summed E-state index contributed by atoms with van der Waals surface area (Å²) in [5.41, 5.74) is 5.42. The van der Waals surface area contributed by atoms with Gasteiger partial charge in [0.05, 0.1) is 12.8 Å². The second-order valence-corrected chi connectivity index (χ2v) is 4.80. The molecule has 0 fully saturated rings. The smallest absolute Gasteiger partial charge is 0.241 e. The van der Waals surface area contributed by atoms with Crippen LogP contribution in [0.3, 0.4) is 0 Å². The highest BCUT2D eigenvalue weighted by molar-refractivity contribution is 6.08. The number of nitrogens with one attached hydrogen (secondary N) is 1. The van der Waals surface area contributed by atoms with E-state index in [2.05, 4.69) is 15.5 Å². The Kier molecular flexibility index (Phi) is 3.64. The van der Waals surface area contributed by atoms with Gasteiger partial charge < -0.3 is 4.74 Å². The number of hydrazone groups is 1. The minimum absolute atomic E-state index is 0.0601. The highest BCUT2D eigenvalue weighted by Gasteiger charge is 2.27. The van der Waals surface area contributed by atoms with Crippen LogP contribution in [0.1, 0.15) is 23.5 Å². The SMILES string of the molecule is COc1ccc(C2=NNC(=O)CC2c2ccncc2)cc1. The second kappa shape index (κ2) is 5.75. The van der Waals surface area contributed by atoms with Crippen molar-refractivity contribution in [2.75, 3.05) is 7.11 Å². The van der Waals surface area contributed by atoms with Crippen LogP contribution in [0.5, 0.6) is 5.75 Å². The van der Waals surface area contributed by atoms with E-state index in [9.17, 15) is 4.79 Å². The van der Waals surface area contributed by atoms with E-state index < -0.39 is 0 Å². The number of nitrogens with zero attached hydrogens (tertiary/aromatic N) is 2. The van der Waals surface area contributed by atoms with Crippen LogP contribution in [0, 0.1) is 0 Å². The van der Waals surface area contributed by atoms with Crippen LogP contribution in [0.2, 0.25) is 0 Å². The molecule has 1 aromatic carbocycles. The summed E-state index contributed by atoms with van der Waals surface area (Å²) in [7, 11) is 1.63. The summed E-state index contributed by atoms with van der Waals surface area (Å²) < 4.78 is 5.17. The molecule has 2 heterocycles. The van der Waals surface area contributed by atoms with Crippen molar-refractivity contribution in [1.29, 1.82) is 0 Å². The molecule has 1 N–H and O–H groups in total. The summed E-state index contributed by atoms with van der Waals surface area (Å²) in [6.07, 6.45) is 3.84. The summed E-state index contributed by atoms with van der Waals surface area (Å²) in [4.78, 5) is 15.7.